The molecule has 0 fully saturated rings. The summed E-state index contributed by atoms with van der Waals surface area (Å²) in [5.41, 5.74) is 0.518. The Hall–Kier alpha value is -2.28. The molecule has 1 N–H and O–H groups in total. The molecular formula is C17H17BrFNO4. The predicted octanol–water partition coefficient (Wildman–Crippen LogP) is 4.01. The Labute approximate surface area is 147 Å². The van der Waals surface area contributed by atoms with Crippen LogP contribution in [0, 0.1) is 5.82 Å². The number of carbonyl (C=O) groups is 1. The van der Waals surface area contributed by atoms with Crippen LogP contribution >= 0.6 is 15.9 Å². The molecule has 0 unspecified atom stereocenters. The number of anilines is 1. The van der Waals surface area contributed by atoms with Crippen molar-refractivity contribution in [1.29, 1.82) is 0 Å². The molecule has 128 valence electrons. The lowest BCUT2D eigenvalue weighted by Gasteiger charge is -2.16. The standard InChI is InChI=1S/C17H17BrFNO4/c1-10(24-14-6-4-11(18)8-13(14)19)17(21)20-12-5-7-15(22-2)16(9-12)23-3/h4-10H,1-3H3,(H,20,21)/t10-/m0/s1. The molecule has 1 atom stereocenters. The summed E-state index contributed by atoms with van der Waals surface area (Å²) in [6, 6.07) is 9.34. The fourth-order valence-corrected chi connectivity index (χ4v) is 2.31. The maximum Gasteiger partial charge on any atom is 0.265 e. The highest BCUT2D eigenvalue weighted by atomic mass is 79.9. The Bertz CT molecular complexity index is 739. The first-order valence-corrected chi connectivity index (χ1v) is 7.88. The highest BCUT2D eigenvalue weighted by Gasteiger charge is 2.17. The van der Waals surface area contributed by atoms with Crippen molar-refractivity contribution in [2.24, 2.45) is 0 Å². The van der Waals surface area contributed by atoms with Gasteiger partial charge in [-0.25, -0.2) is 4.39 Å². The van der Waals surface area contributed by atoms with Gasteiger partial charge in [-0.15, -0.1) is 0 Å². The largest absolute Gasteiger partial charge is 0.493 e. The van der Waals surface area contributed by atoms with Gasteiger partial charge < -0.3 is 19.5 Å². The Morgan fingerprint density at radius 2 is 1.75 bits per heavy atom. The number of carbonyl (C=O) groups excluding carboxylic acids is 1. The normalized spacial score (nSPS) is 11.5. The average Bonchev–Trinajstić information content (AvgIpc) is 2.57. The lowest BCUT2D eigenvalue weighted by molar-refractivity contribution is -0.122. The van der Waals surface area contributed by atoms with Crippen LogP contribution in [0.2, 0.25) is 0 Å². The van der Waals surface area contributed by atoms with Crippen molar-refractivity contribution in [3.05, 3.63) is 46.7 Å². The van der Waals surface area contributed by atoms with Crippen LogP contribution in [0.3, 0.4) is 0 Å². The van der Waals surface area contributed by atoms with Crippen molar-refractivity contribution in [3.63, 3.8) is 0 Å². The average molecular weight is 398 g/mol. The van der Waals surface area contributed by atoms with Gasteiger partial charge in [0, 0.05) is 16.2 Å². The lowest BCUT2D eigenvalue weighted by Crippen LogP contribution is -2.30. The molecule has 0 bridgehead atoms. The van der Waals surface area contributed by atoms with Gasteiger partial charge in [0.05, 0.1) is 14.2 Å². The monoisotopic (exact) mass is 397 g/mol. The molecule has 0 aromatic heterocycles. The summed E-state index contributed by atoms with van der Waals surface area (Å²) >= 11 is 3.16. The second kappa shape index (κ2) is 8.01. The fourth-order valence-electron chi connectivity index (χ4n) is 1.97. The number of halogens is 2. The minimum atomic E-state index is -0.881. The van der Waals surface area contributed by atoms with Crippen molar-refractivity contribution in [2.45, 2.75) is 13.0 Å². The lowest BCUT2D eigenvalue weighted by atomic mass is 10.2. The molecule has 0 aliphatic rings. The van der Waals surface area contributed by atoms with E-state index in [-0.39, 0.29) is 5.75 Å². The van der Waals surface area contributed by atoms with Gasteiger partial charge >= 0.3 is 0 Å². The van der Waals surface area contributed by atoms with Gasteiger partial charge in [-0.2, -0.15) is 0 Å². The minimum Gasteiger partial charge on any atom is -0.493 e. The van der Waals surface area contributed by atoms with E-state index in [0.29, 0.717) is 21.7 Å². The van der Waals surface area contributed by atoms with E-state index in [4.69, 9.17) is 14.2 Å². The molecule has 0 heterocycles. The SMILES string of the molecule is COc1ccc(NC(=O)[C@H](C)Oc2ccc(Br)cc2F)cc1OC. The molecule has 0 saturated carbocycles. The van der Waals surface area contributed by atoms with Crippen LogP contribution in [0.25, 0.3) is 0 Å². The molecular weight excluding hydrogens is 381 g/mol. The molecule has 5 nitrogen and oxygen atoms in total. The van der Waals surface area contributed by atoms with Crippen LogP contribution in [0.5, 0.6) is 17.2 Å². The smallest absolute Gasteiger partial charge is 0.265 e. The maximum absolute atomic E-state index is 13.8. The summed E-state index contributed by atoms with van der Waals surface area (Å²) in [5, 5.41) is 2.69. The van der Waals surface area contributed by atoms with E-state index in [9.17, 15) is 9.18 Å². The van der Waals surface area contributed by atoms with E-state index in [2.05, 4.69) is 21.2 Å². The van der Waals surface area contributed by atoms with Crippen molar-refractivity contribution < 1.29 is 23.4 Å². The van der Waals surface area contributed by atoms with Crippen molar-refractivity contribution in [3.8, 4) is 17.2 Å². The second-order valence-corrected chi connectivity index (χ2v) is 5.81. The molecule has 2 aromatic rings. The van der Waals surface area contributed by atoms with Gasteiger partial charge in [-0.3, -0.25) is 4.79 Å². The zero-order valence-electron chi connectivity index (χ0n) is 13.4. The number of hydrogen-bond donors (Lipinski definition) is 1. The van der Waals surface area contributed by atoms with Crippen molar-refractivity contribution >= 4 is 27.5 Å². The molecule has 0 radical (unpaired) electrons. The van der Waals surface area contributed by atoms with E-state index >= 15 is 0 Å². The highest BCUT2D eigenvalue weighted by Crippen LogP contribution is 2.30. The first-order valence-electron chi connectivity index (χ1n) is 7.09. The van der Waals surface area contributed by atoms with Crippen molar-refractivity contribution in [2.75, 3.05) is 19.5 Å². The maximum atomic E-state index is 13.8. The van der Waals surface area contributed by atoms with Gasteiger partial charge in [0.1, 0.15) is 0 Å². The summed E-state index contributed by atoms with van der Waals surface area (Å²) in [5.74, 6) is 0.0902. The van der Waals surface area contributed by atoms with E-state index in [1.807, 2.05) is 0 Å². The van der Waals surface area contributed by atoms with Crippen LogP contribution in [0.15, 0.2) is 40.9 Å². The number of benzene rings is 2. The number of nitrogens with one attached hydrogen (secondary N) is 1. The van der Waals surface area contributed by atoms with Crippen LogP contribution in [-0.4, -0.2) is 26.2 Å². The molecule has 2 rings (SSSR count). The van der Waals surface area contributed by atoms with Gasteiger partial charge in [0.2, 0.25) is 0 Å². The Morgan fingerprint density at radius 3 is 2.38 bits per heavy atom. The molecule has 2 aromatic carbocycles. The Morgan fingerprint density at radius 1 is 1.08 bits per heavy atom. The molecule has 7 heteroatoms. The number of amides is 1. The van der Waals surface area contributed by atoms with Crippen LogP contribution < -0.4 is 19.5 Å². The number of rotatable bonds is 6. The van der Waals surface area contributed by atoms with Crippen LogP contribution in [0.4, 0.5) is 10.1 Å². The summed E-state index contributed by atoms with van der Waals surface area (Å²) < 4.78 is 30.0. The number of methoxy groups -OCH3 is 2. The molecule has 0 aliphatic heterocycles. The molecule has 0 aliphatic carbocycles. The third-order valence-corrected chi connectivity index (χ3v) is 3.71. The summed E-state index contributed by atoms with van der Waals surface area (Å²) in [6.07, 6.45) is -0.881. The summed E-state index contributed by atoms with van der Waals surface area (Å²) in [7, 11) is 3.03. The zero-order valence-corrected chi connectivity index (χ0v) is 15.0. The molecule has 0 spiro atoms. The summed E-state index contributed by atoms with van der Waals surface area (Å²) in [4.78, 5) is 12.2. The van der Waals surface area contributed by atoms with Crippen LogP contribution in [0.1, 0.15) is 6.92 Å². The predicted molar refractivity (Wildman–Crippen MR) is 92.4 cm³/mol. The second-order valence-electron chi connectivity index (χ2n) is 4.89. The Kier molecular flexibility index (Phi) is 6.03. The summed E-state index contributed by atoms with van der Waals surface area (Å²) in [6.45, 7) is 1.54. The quantitative estimate of drug-likeness (QED) is 0.799. The molecule has 24 heavy (non-hydrogen) atoms. The highest BCUT2D eigenvalue weighted by molar-refractivity contribution is 9.10. The van der Waals surface area contributed by atoms with Gasteiger partial charge in [-0.05, 0) is 37.3 Å². The first-order chi connectivity index (χ1) is 11.4. The van der Waals surface area contributed by atoms with Gasteiger partial charge in [0.15, 0.2) is 29.2 Å². The molecule has 0 saturated heterocycles. The number of ether oxygens (including phenoxy) is 3. The van der Waals surface area contributed by atoms with E-state index in [1.54, 1.807) is 24.3 Å². The van der Waals surface area contributed by atoms with E-state index in [1.165, 1.54) is 33.3 Å². The van der Waals surface area contributed by atoms with Gasteiger partial charge in [0.25, 0.3) is 5.91 Å². The third-order valence-electron chi connectivity index (χ3n) is 3.22. The van der Waals surface area contributed by atoms with Crippen molar-refractivity contribution in [1.82, 2.24) is 0 Å². The van der Waals surface area contributed by atoms with E-state index in [0.717, 1.165) is 0 Å². The van der Waals surface area contributed by atoms with Gasteiger partial charge in [-0.1, -0.05) is 15.9 Å². The van der Waals surface area contributed by atoms with E-state index < -0.39 is 17.8 Å². The fraction of sp³-hybridized carbons (Fsp3) is 0.235. The number of hydrogen-bond acceptors (Lipinski definition) is 4. The third kappa shape index (κ3) is 4.38. The molecule has 1 amide bonds. The topological polar surface area (TPSA) is 56.8 Å². The Balaban J connectivity index is 2.06. The zero-order chi connectivity index (χ0) is 17.7. The minimum absolute atomic E-state index is 0.00756. The first kappa shape index (κ1) is 18.1. The van der Waals surface area contributed by atoms with Crippen LogP contribution in [-0.2, 0) is 4.79 Å².